The molecular weight excluding hydrogens is 562 g/mol. The quantitative estimate of drug-likeness (QED) is 0.192. The Morgan fingerprint density at radius 2 is 1.88 bits per heavy atom. The number of carbonyl (C=O) groups is 1. The van der Waals surface area contributed by atoms with Gasteiger partial charge in [-0.3, -0.25) is 4.79 Å². The molecule has 5 nitrogen and oxygen atoms in total. The van der Waals surface area contributed by atoms with Crippen LogP contribution in [0.3, 0.4) is 0 Å². The summed E-state index contributed by atoms with van der Waals surface area (Å²) in [5, 5.41) is 12.8. The molecule has 0 heterocycles. The second-order valence-corrected chi connectivity index (χ2v) is 8.54. The third kappa shape index (κ3) is 6.16. The normalized spacial score (nSPS) is 10.9. The summed E-state index contributed by atoms with van der Waals surface area (Å²) >= 11 is 14.0. The minimum Gasteiger partial charge on any atom is -0.493 e. The standard InChI is InChI=1S/C24H17Cl2IN2O3/c1-31-22-11-16(10-21(27)23(22)32-14-15-5-3-2-4-6-15)9-17(13-28)24(30)29-18-7-8-19(25)20(26)12-18/h2-12H,14H2,1H3,(H,29,30)/b17-9-. The number of nitrogens with one attached hydrogen (secondary N) is 1. The number of carbonyl (C=O) groups excluding carboxylic acids is 1. The van der Waals surface area contributed by atoms with Crippen molar-refractivity contribution in [1.29, 1.82) is 5.26 Å². The summed E-state index contributed by atoms with van der Waals surface area (Å²) in [6, 6.07) is 19.9. The Balaban J connectivity index is 1.82. The Morgan fingerprint density at radius 3 is 2.53 bits per heavy atom. The number of anilines is 1. The summed E-state index contributed by atoms with van der Waals surface area (Å²) in [6.45, 7) is 0.387. The summed E-state index contributed by atoms with van der Waals surface area (Å²) in [7, 11) is 1.54. The molecule has 0 saturated carbocycles. The van der Waals surface area contributed by atoms with Crippen LogP contribution in [0.4, 0.5) is 5.69 Å². The third-order valence-electron chi connectivity index (χ3n) is 4.33. The van der Waals surface area contributed by atoms with Crippen LogP contribution in [-0.2, 0) is 11.4 Å². The van der Waals surface area contributed by atoms with Crippen LogP contribution in [0.5, 0.6) is 11.5 Å². The van der Waals surface area contributed by atoms with Crippen molar-refractivity contribution in [3.05, 3.63) is 91.0 Å². The molecule has 0 aliphatic heterocycles. The number of hydrogen-bond donors (Lipinski definition) is 1. The van der Waals surface area contributed by atoms with E-state index in [0.29, 0.717) is 39.4 Å². The molecule has 0 saturated heterocycles. The minimum absolute atomic E-state index is 0.0770. The molecule has 1 N–H and O–H groups in total. The molecule has 3 aromatic carbocycles. The van der Waals surface area contributed by atoms with Gasteiger partial charge in [0, 0.05) is 5.69 Å². The van der Waals surface area contributed by atoms with Gasteiger partial charge in [0.05, 0.1) is 20.7 Å². The van der Waals surface area contributed by atoms with E-state index in [1.807, 2.05) is 42.5 Å². The second kappa shape index (κ2) is 11.2. The zero-order valence-corrected chi connectivity index (χ0v) is 20.5. The smallest absolute Gasteiger partial charge is 0.266 e. The first-order chi connectivity index (χ1) is 15.4. The lowest BCUT2D eigenvalue weighted by Crippen LogP contribution is -2.13. The topological polar surface area (TPSA) is 71.3 Å². The lowest BCUT2D eigenvalue weighted by molar-refractivity contribution is -0.112. The van der Waals surface area contributed by atoms with Crippen LogP contribution in [0.1, 0.15) is 11.1 Å². The van der Waals surface area contributed by atoms with Gasteiger partial charge in [-0.25, -0.2) is 0 Å². The predicted molar refractivity (Wildman–Crippen MR) is 135 cm³/mol. The molecule has 0 aromatic heterocycles. The largest absolute Gasteiger partial charge is 0.493 e. The molecule has 0 fully saturated rings. The Bertz CT molecular complexity index is 1210. The lowest BCUT2D eigenvalue weighted by Gasteiger charge is -2.14. The highest BCUT2D eigenvalue weighted by Crippen LogP contribution is 2.35. The summed E-state index contributed by atoms with van der Waals surface area (Å²) in [4.78, 5) is 12.6. The molecule has 162 valence electrons. The molecule has 0 aliphatic carbocycles. The van der Waals surface area contributed by atoms with Gasteiger partial charge in [0.2, 0.25) is 0 Å². The minimum atomic E-state index is -0.565. The number of rotatable bonds is 7. The van der Waals surface area contributed by atoms with Crippen LogP contribution in [-0.4, -0.2) is 13.0 Å². The average Bonchev–Trinajstić information content (AvgIpc) is 2.79. The first kappa shape index (κ1) is 23.9. The summed E-state index contributed by atoms with van der Waals surface area (Å²) < 4.78 is 12.2. The van der Waals surface area contributed by atoms with Gasteiger partial charge in [0.1, 0.15) is 18.2 Å². The van der Waals surface area contributed by atoms with E-state index in [2.05, 4.69) is 27.9 Å². The third-order valence-corrected chi connectivity index (χ3v) is 5.87. The Hall–Kier alpha value is -2.73. The molecule has 32 heavy (non-hydrogen) atoms. The Kier molecular flexibility index (Phi) is 8.39. The van der Waals surface area contributed by atoms with Crippen LogP contribution >= 0.6 is 45.8 Å². The number of benzene rings is 3. The van der Waals surface area contributed by atoms with Crippen molar-refractivity contribution >= 4 is 63.5 Å². The summed E-state index contributed by atoms with van der Waals surface area (Å²) in [5.74, 6) is 0.526. The maximum Gasteiger partial charge on any atom is 0.266 e. The van der Waals surface area contributed by atoms with Gasteiger partial charge in [-0.15, -0.1) is 0 Å². The fraction of sp³-hybridized carbons (Fsp3) is 0.0833. The molecule has 0 unspecified atom stereocenters. The Morgan fingerprint density at radius 1 is 1.12 bits per heavy atom. The second-order valence-electron chi connectivity index (χ2n) is 6.56. The number of halogens is 3. The molecule has 0 radical (unpaired) electrons. The molecule has 3 aromatic rings. The highest BCUT2D eigenvalue weighted by atomic mass is 127. The van der Waals surface area contributed by atoms with Crippen LogP contribution < -0.4 is 14.8 Å². The SMILES string of the molecule is COc1cc(/C=C(/C#N)C(=O)Nc2ccc(Cl)c(Cl)c2)cc(I)c1OCc1ccccc1. The van der Waals surface area contributed by atoms with E-state index in [9.17, 15) is 10.1 Å². The molecule has 0 atom stereocenters. The van der Waals surface area contributed by atoms with Gasteiger partial charge in [0.25, 0.3) is 5.91 Å². The molecule has 0 bridgehead atoms. The highest BCUT2D eigenvalue weighted by Gasteiger charge is 2.14. The van der Waals surface area contributed by atoms with Gasteiger partial charge < -0.3 is 14.8 Å². The molecule has 3 rings (SSSR count). The number of amides is 1. The van der Waals surface area contributed by atoms with Gasteiger partial charge >= 0.3 is 0 Å². The van der Waals surface area contributed by atoms with Crippen molar-refractivity contribution in [2.75, 3.05) is 12.4 Å². The first-order valence-electron chi connectivity index (χ1n) is 9.33. The van der Waals surface area contributed by atoms with Gasteiger partial charge in [-0.2, -0.15) is 5.26 Å². The Labute approximate surface area is 209 Å². The average molecular weight is 579 g/mol. The van der Waals surface area contributed by atoms with Gasteiger partial charge in [-0.1, -0.05) is 53.5 Å². The zero-order chi connectivity index (χ0) is 23.1. The maximum atomic E-state index is 12.6. The van der Waals surface area contributed by atoms with Crippen molar-refractivity contribution in [2.45, 2.75) is 6.61 Å². The predicted octanol–water partition coefficient (Wildman–Crippen LogP) is 6.73. The van der Waals surface area contributed by atoms with E-state index >= 15 is 0 Å². The first-order valence-corrected chi connectivity index (χ1v) is 11.2. The fourth-order valence-corrected chi connectivity index (χ4v) is 3.86. The monoisotopic (exact) mass is 578 g/mol. The van der Waals surface area contributed by atoms with E-state index in [-0.39, 0.29) is 5.57 Å². The zero-order valence-electron chi connectivity index (χ0n) is 16.9. The van der Waals surface area contributed by atoms with Crippen molar-refractivity contribution in [3.63, 3.8) is 0 Å². The van der Waals surface area contributed by atoms with Crippen LogP contribution in [0, 0.1) is 14.9 Å². The number of methoxy groups -OCH3 is 1. The fourth-order valence-electron chi connectivity index (χ4n) is 2.78. The van der Waals surface area contributed by atoms with Crippen LogP contribution in [0.25, 0.3) is 6.08 Å². The molecule has 1 amide bonds. The van der Waals surface area contributed by atoms with Crippen LogP contribution in [0.2, 0.25) is 10.0 Å². The number of hydrogen-bond acceptors (Lipinski definition) is 4. The van der Waals surface area contributed by atoms with Crippen molar-refractivity contribution < 1.29 is 14.3 Å². The van der Waals surface area contributed by atoms with Crippen LogP contribution in [0.15, 0.2) is 66.2 Å². The maximum absolute atomic E-state index is 12.6. The lowest BCUT2D eigenvalue weighted by atomic mass is 10.1. The molecule has 8 heteroatoms. The summed E-state index contributed by atoms with van der Waals surface area (Å²) in [5.41, 5.74) is 2.01. The van der Waals surface area contributed by atoms with E-state index in [1.165, 1.54) is 19.3 Å². The molecule has 0 aliphatic rings. The number of nitrogens with zero attached hydrogens (tertiary/aromatic N) is 1. The summed E-state index contributed by atoms with van der Waals surface area (Å²) in [6.07, 6.45) is 1.48. The van der Waals surface area contributed by atoms with Gasteiger partial charge in [-0.05, 0) is 70.1 Å². The number of nitriles is 1. The number of ether oxygens (including phenoxy) is 2. The molecule has 0 spiro atoms. The van der Waals surface area contributed by atoms with E-state index < -0.39 is 5.91 Å². The van der Waals surface area contributed by atoms with E-state index in [1.54, 1.807) is 18.2 Å². The van der Waals surface area contributed by atoms with E-state index in [4.69, 9.17) is 32.7 Å². The highest BCUT2D eigenvalue weighted by molar-refractivity contribution is 14.1. The van der Waals surface area contributed by atoms with Crippen molar-refractivity contribution in [2.24, 2.45) is 0 Å². The van der Waals surface area contributed by atoms with Crippen molar-refractivity contribution in [1.82, 2.24) is 0 Å². The van der Waals surface area contributed by atoms with Crippen molar-refractivity contribution in [3.8, 4) is 17.6 Å². The molecular formula is C24H17Cl2IN2O3. The van der Waals surface area contributed by atoms with Gasteiger partial charge in [0.15, 0.2) is 11.5 Å². The van der Waals surface area contributed by atoms with E-state index in [0.717, 1.165) is 9.13 Å².